The molecule has 19 heavy (non-hydrogen) atoms. The predicted molar refractivity (Wildman–Crippen MR) is 62.6 cm³/mol. The van der Waals surface area contributed by atoms with Gasteiger partial charge in [-0.2, -0.15) is 0 Å². The number of benzene rings is 1. The number of carboxylic acids is 1. The number of halogens is 3. The van der Waals surface area contributed by atoms with E-state index in [0.717, 1.165) is 24.4 Å². The number of hydrogen-bond donors (Lipinski definition) is 1. The highest BCUT2D eigenvalue weighted by atomic mass is 35.5. The molecule has 0 amide bonds. The van der Waals surface area contributed by atoms with E-state index in [1.54, 1.807) is 0 Å². The molecule has 1 N–H and O–H groups in total. The van der Waals surface area contributed by atoms with Gasteiger partial charge in [-0.25, -0.2) is 18.6 Å². The van der Waals surface area contributed by atoms with Gasteiger partial charge in [-0.15, -0.1) is 0 Å². The van der Waals surface area contributed by atoms with Crippen molar-refractivity contribution < 1.29 is 23.4 Å². The van der Waals surface area contributed by atoms with Crippen molar-refractivity contribution in [2.75, 3.05) is 0 Å². The molecule has 0 radical (unpaired) electrons. The largest absolute Gasteiger partial charge is 0.478 e. The molecule has 0 fully saturated rings. The third kappa shape index (κ3) is 2.97. The van der Waals surface area contributed by atoms with Crippen molar-refractivity contribution in [2.24, 2.45) is 0 Å². The van der Waals surface area contributed by atoms with Crippen LogP contribution in [0.1, 0.15) is 10.4 Å². The smallest absolute Gasteiger partial charge is 0.337 e. The molecular formula is C12H6ClF2NO3. The lowest BCUT2D eigenvalue weighted by molar-refractivity contribution is 0.0696. The lowest BCUT2D eigenvalue weighted by Gasteiger charge is -2.07. The molecule has 1 heterocycles. The van der Waals surface area contributed by atoms with E-state index >= 15 is 0 Å². The number of aromatic carboxylic acids is 1. The summed E-state index contributed by atoms with van der Waals surface area (Å²) < 4.78 is 31.1. The van der Waals surface area contributed by atoms with Crippen LogP contribution in [0.3, 0.4) is 0 Å². The zero-order chi connectivity index (χ0) is 14.0. The quantitative estimate of drug-likeness (QED) is 0.937. The maximum absolute atomic E-state index is 13.3. The Morgan fingerprint density at radius 3 is 2.68 bits per heavy atom. The molecule has 0 aliphatic carbocycles. The maximum Gasteiger partial charge on any atom is 0.337 e. The minimum atomic E-state index is -1.27. The zero-order valence-electron chi connectivity index (χ0n) is 9.23. The molecule has 0 aliphatic rings. The highest BCUT2D eigenvalue weighted by molar-refractivity contribution is 6.33. The second kappa shape index (κ2) is 5.19. The summed E-state index contributed by atoms with van der Waals surface area (Å²) in [6, 6.07) is 3.77. The summed E-state index contributed by atoms with van der Waals surface area (Å²) in [4.78, 5) is 14.5. The Bertz CT molecular complexity index is 649. The first-order valence-electron chi connectivity index (χ1n) is 4.99. The number of aromatic nitrogens is 1. The number of nitrogens with zero attached hydrogens (tertiary/aromatic N) is 1. The van der Waals surface area contributed by atoms with Gasteiger partial charge >= 0.3 is 5.97 Å². The molecule has 2 aromatic rings. The van der Waals surface area contributed by atoms with Crippen molar-refractivity contribution in [1.82, 2.24) is 4.98 Å². The Balaban J connectivity index is 2.33. The van der Waals surface area contributed by atoms with E-state index in [-0.39, 0.29) is 22.2 Å². The monoisotopic (exact) mass is 285 g/mol. The third-order valence-corrected chi connectivity index (χ3v) is 2.47. The lowest BCUT2D eigenvalue weighted by Crippen LogP contribution is -2.00. The van der Waals surface area contributed by atoms with Crippen molar-refractivity contribution in [3.05, 3.63) is 52.7 Å². The van der Waals surface area contributed by atoms with Crippen molar-refractivity contribution in [1.29, 1.82) is 0 Å². The molecule has 0 atom stereocenters. The fraction of sp³-hybridized carbons (Fsp3) is 0. The second-order valence-electron chi connectivity index (χ2n) is 3.48. The molecule has 0 aliphatic heterocycles. The predicted octanol–water partition coefficient (Wildman–Crippen LogP) is 3.50. The molecule has 0 saturated heterocycles. The van der Waals surface area contributed by atoms with Gasteiger partial charge < -0.3 is 9.84 Å². The number of carboxylic acid groups (broad SMARTS) is 1. The highest BCUT2D eigenvalue weighted by Crippen LogP contribution is 2.26. The Kier molecular flexibility index (Phi) is 3.62. The zero-order valence-corrected chi connectivity index (χ0v) is 9.99. The van der Waals surface area contributed by atoms with Crippen LogP contribution < -0.4 is 4.74 Å². The van der Waals surface area contributed by atoms with Gasteiger partial charge in [0.2, 0.25) is 5.88 Å². The molecule has 7 heteroatoms. The Morgan fingerprint density at radius 1 is 1.32 bits per heavy atom. The Morgan fingerprint density at radius 2 is 2.05 bits per heavy atom. The minimum Gasteiger partial charge on any atom is -0.478 e. The van der Waals surface area contributed by atoms with Crippen molar-refractivity contribution >= 4 is 17.6 Å². The summed E-state index contributed by atoms with van der Waals surface area (Å²) in [5, 5.41) is 8.79. The van der Waals surface area contributed by atoms with Crippen LogP contribution in [0.4, 0.5) is 8.78 Å². The normalized spacial score (nSPS) is 10.3. The average molecular weight is 286 g/mol. The topological polar surface area (TPSA) is 59.4 Å². The average Bonchev–Trinajstić information content (AvgIpc) is 2.34. The number of hydrogen-bond acceptors (Lipinski definition) is 3. The fourth-order valence-electron chi connectivity index (χ4n) is 1.31. The van der Waals surface area contributed by atoms with Gasteiger partial charge in [0.25, 0.3) is 0 Å². The molecule has 0 spiro atoms. The Labute approximate surface area is 111 Å². The molecule has 2 rings (SSSR count). The summed E-state index contributed by atoms with van der Waals surface area (Å²) in [7, 11) is 0. The van der Waals surface area contributed by atoms with Gasteiger partial charge in [0, 0.05) is 12.1 Å². The van der Waals surface area contributed by atoms with Crippen molar-refractivity contribution in [3.8, 4) is 11.6 Å². The molecule has 0 saturated carbocycles. The van der Waals surface area contributed by atoms with Crippen LogP contribution in [-0.4, -0.2) is 16.1 Å². The molecule has 1 aromatic carbocycles. The highest BCUT2D eigenvalue weighted by Gasteiger charge is 2.13. The number of pyridine rings is 1. The lowest BCUT2D eigenvalue weighted by atomic mass is 10.2. The molecule has 0 bridgehead atoms. The minimum absolute atomic E-state index is 0.0700. The van der Waals surface area contributed by atoms with Crippen LogP contribution >= 0.6 is 11.6 Å². The van der Waals surface area contributed by atoms with Gasteiger partial charge in [0.15, 0.2) is 11.6 Å². The van der Waals surface area contributed by atoms with Gasteiger partial charge in [-0.3, -0.25) is 0 Å². The maximum atomic E-state index is 13.3. The van der Waals surface area contributed by atoms with Gasteiger partial charge in [-0.05, 0) is 12.1 Å². The van der Waals surface area contributed by atoms with E-state index in [2.05, 4.69) is 4.98 Å². The van der Waals surface area contributed by atoms with Crippen LogP contribution in [0.2, 0.25) is 5.02 Å². The molecule has 0 unspecified atom stereocenters. The van der Waals surface area contributed by atoms with Gasteiger partial charge in [0.05, 0.1) is 16.8 Å². The van der Waals surface area contributed by atoms with E-state index in [1.165, 1.54) is 0 Å². The summed E-state index contributed by atoms with van der Waals surface area (Å²) in [6.07, 6.45) is 1.07. The molecule has 4 nitrogen and oxygen atoms in total. The Hall–Kier alpha value is -2.21. The van der Waals surface area contributed by atoms with Crippen molar-refractivity contribution in [3.63, 3.8) is 0 Å². The first kappa shape index (κ1) is 13.2. The van der Waals surface area contributed by atoms with Crippen LogP contribution in [-0.2, 0) is 0 Å². The first-order chi connectivity index (χ1) is 8.97. The van der Waals surface area contributed by atoms with Crippen LogP contribution in [0.15, 0.2) is 30.5 Å². The van der Waals surface area contributed by atoms with E-state index in [1.807, 2.05) is 0 Å². The second-order valence-corrected chi connectivity index (χ2v) is 3.89. The van der Waals surface area contributed by atoms with Crippen LogP contribution in [0.5, 0.6) is 11.6 Å². The molecule has 98 valence electrons. The van der Waals surface area contributed by atoms with Crippen LogP contribution in [0.25, 0.3) is 0 Å². The van der Waals surface area contributed by atoms with E-state index in [0.29, 0.717) is 6.07 Å². The fourth-order valence-corrected chi connectivity index (χ4v) is 1.49. The van der Waals surface area contributed by atoms with E-state index in [4.69, 9.17) is 21.4 Å². The molecular weight excluding hydrogens is 280 g/mol. The first-order valence-corrected chi connectivity index (χ1v) is 5.37. The summed E-state index contributed by atoms with van der Waals surface area (Å²) >= 11 is 5.62. The number of ether oxygens (including phenoxy) is 1. The standard InChI is InChI=1S/C12H6ClF2NO3/c13-8-5-16-11(4-7(8)12(17)18)19-10-2-1-6(14)3-9(10)15/h1-5H,(H,17,18). The molecule has 1 aromatic heterocycles. The summed E-state index contributed by atoms with van der Waals surface area (Å²) in [5.41, 5.74) is -0.228. The number of carbonyl (C=O) groups is 1. The van der Waals surface area contributed by atoms with E-state index in [9.17, 15) is 13.6 Å². The van der Waals surface area contributed by atoms with Crippen molar-refractivity contribution in [2.45, 2.75) is 0 Å². The van der Waals surface area contributed by atoms with Gasteiger partial charge in [0.1, 0.15) is 5.82 Å². The summed E-state index contributed by atoms with van der Waals surface area (Å²) in [5.74, 6) is -3.37. The summed E-state index contributed by atoms with van der Waals surface area (Å²) in [6.45, 7) is 0. The van der Waals surface area contributed by atoms with Crippen LogP contribution in [0, 0.1) is 11.6 Å². The van der Waals surface area contributed by atoms with Gasteiger partial charge in [-0.1, -0.05) is 11.6 Å². The van der Waals surface area contributed by atoms with E-state index < -0.39 is 17.6 Å². The third-order valence-electron chi connectivity index (χ3n) is 2.17. The number of rotatable bonds is 3. The SMILES string of the molecule is O=C(O)c1cc(Oc2ccc(F)cc2F)ncc1Cl.